The maximum Gasteiger partial charge on any atom is 0.303 e. The van der Waals surface area contributed by atoms with E-state index in [1.54, 1.807) is 0 Å². The Labute approximate surface area is 53.7 Å². The summed E-state index contributed by atoms with van der Waals surface area (Å²) in [6.07, 6.45) is 0.727. The van der Waals surface area contributed by atoms with Gasteiger partial charge in [-0.15, -0.1) is 0 Å². The Kier molecular flexibility index (Phi) is 3.67. The van der Waals surface area contributed by atoms with Crippen molar-refractivity contribution in [2.24, 2.45) is 0 Å². The molecule has 0 aromatic rings. The van der Waals surface area contributed by atoms with Crippen molar-refractivity contribution in [1.82, 2.24) is 0 Å². The fourth-order valence-corrected chi connectivity index (χ4v) is 0.437. The van der Waals surface area contributed by atoms with Gasteiger partial charge in [-0.05, 0) is 6.42 Å². The van der Waals surface area contributed by atoms with E-state index in [9.17, 15) is 9.59 Å². The molecule has 0 aliphatic rings. The summed E-state index contributed by atoms with van der Waals surface area (Å²) in [5, 5.41) is 8.09. The standard InChI is InChI=1S/C6H9O3/c1-5(7)3-2-4-6(8)9/h1-4H2,(H,8,9). The van der Waals surface area contributed by atoms with E-state index in [4.69, 9.17) is 5.11 Å². The molecule has 0 rings (SSSR count). The maximum atomic E-state index is 10.1. The molecule has 3 nitrogen and oxygen atoms in total. The van der Waals surface area contributed by atoms with Gasteiger partial charge < -0.3 is 5.11 Å². The van der Waals surface area contributed by atoms with Crippen LogP contribution in [0.15, 0.2) is 0 Å². The Morgan fingerprint density at radius 3 is 2.22 bits per heavy atom. The zero-order chi connectivity index (χ0) is 7.28. The Balaban J connectivity index is 3.10. The van der Waals surface area contributed by atoms with Gasteiger partial charge in [0.15, 0.2) is 0 Å². The molecule has 0 saturated heterocycles. The summed E-state index contributed by atoms with van der Waals surface area (Å²) in [5.74, 6) is -1.06. The van der Waals surface area contributed by atoms with Crippen molar-refractivity contribution >= 4 is 11.8 Å². The van der Waals surface area contributed by atoms with Gasteiger partial charge in [-0.3, -0.25) is 9.59 Å². The Bertz CT molecular complexity index is 103. The van der Waals surface area contributed by atoms with E-state index in [1.165, 1.54) is 0 Å². The van der Waals surface area contributed by atoms with Crippen LogP contribution in [0.3, 0.4) is 0 Å². The third kappa shape index (κ3) is 7.14. The molecule has 0 unspecified atom stereocenters. The van der Waals surface area contributed by atoms with Crippen LogP contribution in [-0.4, -0.2) is 16.9 Å². The Hall–Kier alpha value is -0.860. The number of carboxylic acids is 1. The summed E-state index contributed by atoms with van der Waals surface area (Å²) in [4.78, 5) is 20.0. The van der Waals surface area contributed by atoms with Gasteiger partial charge in [0.25, 0.3) is 0 Å². The number of carbonyl (C=O) groups is 2. The number of hydrogen-bond acceptors (Lipinski definition) is 2. The minimum absolute atomic E-state index is 0.0568. The van der Waals surface area contributed by atoms with E-state index < -0.39 is 5.97 Å². The van der Waals surface area contributed by atoms with Crippen molar-refractivity contribution in [3.63, 3.8) is 0 Å². The normalized spacial score (nSPS) is 9.00. The molecule has 0 amide bonds. The predicted octanol–water partition coefficient (Wildman–Crippen LogP) is 0.644. The number of Topliss-reactive ketones (excluding diaryl/α,β-unsaturated/α-hetero) is 1. The summed E-state index contributed by atoms with van der Waals surface area (Å²) in [7, 11) is 0. The molecule has 9 heavy (non-hydrogen) atoms. The topological polar surface area (TPSA) is 54.4 Å². The predicted molar refractivity (Wildman–Crippen MR) is 31.9 cm³/mol. The summed E-state index contributed by atoms with van der Waals surface area (Å²) in [5.41, 5.74) is 0. The highest BCUT2D eigenvalue weighted by Crippen LogP contribution is 1.94. The van der Waals surface area contributed by atoms with Gasteiger partial charge >= 0.3 is 5.97 Å². The molecule has 0 aliphatic heterocycles. The number of carbonyl (C=O) groups excluding carboxylic acids is 1. The molecule has 0 atom stereocenters. The zero-order valence-electron chi connectivity index (χ0n) is 5.09. The lowest BCUT2D eigenvalue weighted by Gasteiger charge is -1.89. The maximum absolute atomic E-state index is 10.1. The minimum Gasteiger partial charge on any atom is -0.481 e. The average molecular weight is 129 g/mol. The van der Waals surface area contributed by atoms with Crippen LogP contribution in [0.4, 0.5) is 0 Å². The van der Waals surface area contributed by atoms with Crippen LogP contribution in [0.2, 0.25) is 0 Å². The van der Waals surface area contributed by atoms with Crippen LogP contribution >= 0.6 is 0 Å². The first-order valence-electron chi connectivity index (χ1n) is 2.69. The molecule has 0 aliphatic carbocycles. The van der Waals surface area contributed by atoms with Gasteiger partial charge in [-0.2, -0.15) is 0 Å². The SMILES string of the molecule is [CH2]C(=O)CCCC(=O)O. The van der Waals surface area contributed by atoms with Gasteiger partial charge in [-0.1, -0.05) is 0 Å². The van der Waals surface area contributed by atoms with E-state index in [1.807, 2.05) is 0 Å². The zero-order valence-corrected chi connectivity index (χ0v) is 5.09. The second-order valence-electron chi connectivity index (χ2n) is 1.79. The van der Waals surface area contributed by atoms with Gasteiger partial charge in [-0.25, -0.2) is 0 Å². The molecule has 0 bridgehead atoms. The van der Waals surface area contributed by atoms with Crippen LogP contribution in [-0.2, 0) is 9.59 Å². The molecule has 0 heterocycles. The van der Waals surface area contributed by atoms with Gasteiger partial charge in [0.05, 0.1) is 0 Å². The molecule has 1 radical (unpaired) electrons. The Morgan fingerprint density at radius 2 is 1.89 bits per heavy atom. The highest BCUT2D eigenvalue weighted by Gasteiger charge is 1.97. The molecule has 51 valence electrons. The molecule has 0 saturated carbocycles. The minimum atomic E-state index is -0.865. The van der Waals surface area contributed by atoms with Crippen molar-refractivity contribution in [2.45, 2.75) is 19.3 Å². The molecule has 0 spiro atoms. The highest BCUT2D eigenvalue weighted by molar-refractivity contribution is 5.82. The fourth-order valence-electron chi connectivity index (χ4n) is 0.437. The van der Waals surface area contributed by atoms with Crippen LogP contribution in [0.25, 0.3) is 0 Å². The summed E-state index contributed by atoms with van der Waals surface area (Å²) < 4.78 is 0. The monoisotopic (exact) mass is 129 g/mol. The second-order valence-corrected chi connectivity index (χ2v) is 1.79. The van der Waals surface area contributed by atoms with Crippen LogP contribution in [0, 0.1) is 6.92 Å². The largest absolute Gasteiger partial charge is 0.481 e. The molecular formula is C6H9O3. The first-order chi connectivity index (χ1) is 4.13. The number of carboxylic acid groups (broad SMARTS) is 1. The fraction of sp³-hybridized carbons (Fsp3) is 0.500. The molecule has 1 N–H and O–H groups in total. The third-order valence-electron chi connectivity index (χ3n) is 0.846. The molecule has 3 heteroatoms. The van der Waals surface area contributed by atoms with E-state index in [-0.39, 0.29) is 18.6 Å². The average Bonchev–Trinajstić information content (AvgIpc) is 1.63. The van der Waals surface area contributed by atoms with Crippen molar-refractivity contribution in [1.29, 1.82) is 0 Å². The number of rotatable bonds is 4. The molecular weight excluding hydrogens is 120 g/mol. The lowest BCUT2D eigenvalue weighted by Crippen LogP contribution is -1.96. The van der Waals surface area contributed by atoms with E-state index in [0.29, 0.717) is 6.42 Å². The van der Waals surface area contributed by atoms with E-state index in [0.717, 1.165) is 0 Å². The molecule has 0 aromatic heterocycles. The summed E-state index contributed by atoms with van der Waals surface area (Å²) in [6, 6.07) is 0. The van der Waals surface area contributed by atoms with E-state index in [2.05, 4.69) is 6.92 Å². The van der Waals surface area contributed by atoms with E-state index >= 15 is 0 Å². The van der Waals surface area contributed by atoms with Crippen LogP contribution < -0.4 is 0 Å². The second kappa shape index (κ2) is 4.06. The van der Waals surface area contributed by atoms with Crippen LogP contribution in [0.5, 0.6) is 0 Å². The van der Waals surface area contributed by atoms with Crippen molar-refractivity contribution in [2.75, 3.05) is 0 Å². The van der Waals surface area contributed by atoms with Crippen LogP contribution in [0.1, 0.15) is 19.3 Å². The summed E-state index contributed by atoms with van der Waals surface area (Å²) >= 11 is 0. The summed E-state index contributed by atoms with van der Waals surface area (Å²) in [6.45, 7) is 3.10. The van der Waals surface area contributed by atoms with Crippen molar-refractivity contribution in [3.05, 3.63) is 6.92 Å². The quantitative estimate of drug-likeness (QED) is 0.606. The van der Waals surface area contributed by atoms with Crippen molar-refractivity contribution < 1.29 is 14.7 Å². The number of aliphatic carboxylic acids is 1. The van der Waals surface area contributed by atoms with Gasteiger partial charge in [0.2, 0.25) is 0 Å². The first kappa shape index (κ1) is 8.14. The van der Waals surface area contributed by atoms with Gasteiger partial charge in [0.1, 0.15) is 5.78 Å². The number of hydrogen-bond donors (Lipinski definition) is 1. The van der Waals surface area contributed by atoms with Crippen molar-refractivity contribution in [3.8, 4) is 0 Å². The number of ketones is 1. The lowest BCUT2D eigenvalue weighted by atomic mass is 10.2. The third-order valence-corrected chi connectivity index (χ3v) is 0.846. The molecule has 0 aromatic carbocycles. The Morgan fingerprint density at radius 1 is 1.33 bits per heavy atom. The van der Waals surface area contributed by atoms with Gasteiger partial charge in [0, 0.05) is 19.8 Å². The smallest absolute Gasteiger partial charge is 0.303 e. The lowest BCUT2D eigenvalue weighted by molar-refractivity contribution is -0.137. The highest BCUT2D eigenvalue weighted by atomic mass is 16.4. The molecule has 0 fully saturated rings. The first-order valence-corrected chi connectivity index (χ1v) is 2.69.